The third-order valence-electron chi connectivity index (χ3n) is 10.1. The van der Waals surface area contributed by atoms with E-state index in [2.05, 4.69) is 21.9 Å². The number of rotatable bonds is 13. The number of hydrogen-bond acceptors (Lipinski definition) is 10. The molecule has 2 fully saturated rings. The van der Waals surface area contributed by atoms with Crippen LogP contribution >= 0.6 is 0 Å². The number of hydrogen-bond donors (Lipinski definition) is 3. The van der Waals surface area contributed by atoms with Crippen molar-refractivity contribution in [1.29, 1.82) is 0 Å². The van der Waals surface area contributed by atoms with E-state index >= 15 is 0 Å². The van der Waals surface area contributed by atoms with Gasteiger partial charge in [-0.05, 0) is 57.4 Å². The number of sulfonamides is 1. The van der Waals surface area contributed by atoms with E-state index in [-0.39, 0.29) is 24.3 Å². The molecule has 2 heterocycles. The Morgan fingerprint density at radius 1 is 0.983 bits per heavy atom. The zero-order valence-corrected chi connectivity index (χ0v) is 34.2. The van der Waals surface area contributed by atoms with Crippen LogP contribution in [0.25, 0.3) is 22.2 Å². The highest BCUT2D eigenvalue weighted by atomic mass is 32.2. The Morgan fingerprint density at radius 3 is 2.26 bits per heavy atom. The number of carbonyl (C=O) groups excluding carboxylic acids is 4. The Balaban J connectivity index is 1.33. The van der Waals surface area contributed by atoms with Crippen LogP contribution in [-0.4, -0.2) is 85.1 Å². The zero-order valence-electron chi connectivity index (χ0n) is 33.4. The quantitative estimate of drug-likeness (QED) is 0.149. The minimum Gasteiger partial charge on any atom is -0.497 e. The molecule has 4 amide bonds. The van der Waals surface area contributed by atoms with Gasteiger partial charge in [-0.25, -0.2) is 22.9 Å². The molecule has 0 spiro atoms. The highest BCUT2D eigenvalue weighted by Gasteiger charge is 2.61. The van der Waals surface area contributed by atoms with E-state index in [1.165, 1.54) is 35.2 Å². The van der Waals surface area contributed by atoms with Crippen LogP contribution in [0.1, 0.15) is 47.5 Å². The molecule has 0 bridgehead atoms. The molecule has 1 aliphatic carbocycles. The topological polar surface area (TPSA) is 182 Å². The van der Waals surface area contributed by atoms with Gasteiger partial charge in [-0.1, -0.05) is 68.5 Å². The lowest BCUT2D eigenvalue weighted by atomic mass is 10.0. The fourth-order valence-electron chi connectivity index (χ4n) is 7.05. The fraction of sp³-hybridized carbons (Fsp3) is 0.372. The van der Waals surface area contributed by atoms with Crippen molar-refractivity contribution in [2.45, 2.75) is 81.7 Å². The van der Waals surface area contributed by atoms with E-state index in [1.807, 2.05) is 36.4 Å². The largest absolute Gasteiger partial charge is 0.497 e. The number of ether oxygens (including phenoxy) is 3. The Morgan fingerprint density at radius 2 is 1.66 bits per heavy atom. The molecule has 2 aliphatic rings. The normalized spacial score (nSPS) is 20.8. The molecule has 3 N–H and O–H groups in total. The molecule has 14 nitrogen and oxygen atoms in total. The summed E-state index contributed by atoms with van der Waals surface area (Å²) >= 11 is 0. The summed E-state index contributed by atoms with van der Waals surface area (Å²) in [5, 5.41) is 6.14. The Kier molecular flexibility index (Phi) is 11.8. The van der Waals surface area contributed by atoms with Crippen molar-refractivity contribution in [2.24, 2.45) is 11.8 Å². The van der Waals surface area contributed by atoms with Crippen LogP contribution in [0, 0.1) is 11.8 Å². The third kappa shape index (κ3) is 9.09. The molecule has 1 saturated carbocycles. The predicted molar refractivity (Wildman–Crippen MR) is 217 cm³/mol. The predicted octanol–water partition coefficient (Wildman–Crippen LogP) is 5.37. The first-order valence-corrected chi connectivity index (χ1v) is 20.5. The number of amides is 4. The lowest BCUT2D eigenvalue weighted by Crippen LogP contribution is -2.59. The number of benzene rings is 3. The number of likely N-dealkylation sites (tertiary alicyclic amines) is 1. The van der Waals surface area contributed by atoms with Gasteiger partial charge in [0.15, 0.2) is 0 Å². The van der Waals surface area contributed by atoms with E-state index in [4.69, 9.17) is 19.2 Å². The Bertz CT molecular complexity index is 2320. The van der Waals surface area contributed by atoms with Crippen LogP contribution in [0.5, 0.6) is 11.5 Å². The molecule has 4 aromatic rings. The minimum absolute atomic E-state index is 0.00572. The number of alkyl carbamates (subject to hydrolysis) is 1. The van der Waals surface area contributed by atoms with E-state index in [0.717, 1.165) is 5.56 Å². The highest BCUT2D eigenvalue weighted by Crippen LogP contribution is 2.45. The molecular formula is C43H49N5O9S. The highest BCUT2D eigenvalue weighted by molar-refractivity contribution is 7.90. The van der Waals surface area contributed by atoms with Gasteiger partial charge in [0.05, 0.1) is 29.8 Å². The molecule has 5 atom stereocenters. The van der Waals surface area contributed by atoms with Crippen molar-refractivity contribution in [3.8, 4) is 22.8 Å². The molecule has 1 saturated heterocycles. The molecule has 1 aromatic heterocycles. The second-order valence-corrected chi connectivity index (χ2v) is 17.5. The number of nitrogens with one attached hydrogen (secondary N) is 3. The second-order valence-electron chi connectivity index (χ2n) is 15.9. The van der Waals surface area contributed by atoms with Gasteiger partial charge >= 0.3 is 6.09 Å². The SMILES string of the molecule is C=CC1CC1(NC(=O)C1C[C@@H](Oc2cc(-c3ccccc3)nc3cc(OC)ccc23)CN1C(=O)[C@@H](NC(=O)OC(C)(C)C)C(C)C)C(=O)NS(=O)(=O)c1ccccc1. The standard InChI is InChI=1S/C43H49N5O9S/c1-8-28-24-43(28,40(51)47-58(53,54)31-17-13-10-14-18-31)46-38(49)35-22-30(25-48(35)39(50)37(26(2)3)45-41(52)57-42(4,5)6)56-36-23-33(27-15-11-9-12-16-27)44-34-21-29(55-7)19-20-32(34)36/h8-21,23,26,28,30,35,37H,1,22,24-25H2,2-7H3,(H,45,52)(H,46,49)(H,47,51)/t28?,30-,35?,37+,43?/m1/s1. The maximum absolute atomic E-state index is 14.5. The van der Waals surface area contributed by atoms with Crippen LogP contribution < -0.4 is 24.8 Å². The summed E-state index contributed by atoms with van der Waals surface area (Å²) in [5.41, 5.74) is -0.426. The zero-order chi connectivity index (χ0) is 42.0. The van der Waals surface area contributed by atoms with Gasteiger partial charge in [-0.3, -0.25) is 14.4 Å². The van der Waals surface area contributed by atoms with Gasteiger partial charge in [0.2, 0.25) is 11.8 Å². The van der Waals surface area contributed by atoms with Crippen LogP contribution in [0.3, 0.4) is 0 Å². The number of aromatic nitrogens is 1. The van der Waals surface area contributed by atoms with Gasteiger partial charge in [0.1, 0.15) is 40.8 Å². The molecule has 306 valence electrons. The smallest absolute Gasteiger partial charge is 0.408 e. The number of methoxy groups -OCH3 is 1. The summed E-state index contributed by atoms with van der Waals surface area (Å²) in [6, 6.07) is 21.8. The van der Waals surface area contributed by atoms with Crippen LogP contribution in [0.2, 0.25) is 0 Å². The number of carbonyl (C=O) groups is 4. The summed E-state index contributed by atoms with van der Waals surface area (Å²) in [6.45, 7) is 12.3. The van der Waals surface area contributed by atoms with Crippen LogP contribution in [-0.2, 0) is 29.1 Å². The first-order valence-electron chi connectivity index (χ1n) is 19.0. The van der Waals surface area contributed by atoms with E-state index in [9.17, 15) is 27.6 Å². The van der Waals surface area contributed by atoms with Crippen molar-refractivity contribution >= 4 is 44.7 Å². The Hall–Kier alpha value is -5.96. The Labute approximate surface area is 338 Å². The van der Waals surface area contributed by atoms with E-state index in [0.29, 0.717) is 28.1 Å². The maximum atomic E-state index is 14.5. The fourth-order valence-corrected chi connectivity index (χ4v) is 8.11. The van der Waals surface area contributed by atoms with Gasteiger partial charge < -0.3 is 29.7 Å². The molecule has 0 radical (unpaired) electrons. The van der Waals surface area contributed by atoms with Gasteiger partial charge in [0, 0.05) is 35.4 Å². The minimum atomic E-state index is -4.28. The average molecular weight is 812 g/mol. The molecule has 1 aliphatic heterocycles. The van der Waals surface area contributed by atoms with Crippen molar-refractivity contribution < 1.29 is 41.8 Å². The summed E-state index contributed by atoms with van der Waals surface area (Å²) in [4.78, 5) is 61.8. The van der Waals surface area contributed by atoms with Crippen LogP contribution in [0.15, 0.2) is 102 Å². The summed E-state index contributed by atoms with van der Waals surface area (Å²) in [5.74, 6) is -2.17. The summed E-state index contributed by atoms with van der Waals surface area (Å²) < 4.78 is 46.1. The van der Waals surface area contributed by atoms with Gasteiger partial charge in [-0.15, -0.1) is 6.58 Å². The van der Waals surface area contributed by atoms with Gasteiger partial charge in [-0.2, -0.15) is 0 Å². The second kappa shape index (κ2) is 16.5. The monoisotopic (exact) mass is 811 g/mol. The molecule has 15 heteroatoms. The van der Waals surface area contributed by atoms with Crippen molar-refractivity contribution in [3.05, 3.63) is 97.6 Å². The lowest BCUT2D eigenvalue weighted by molar-refractivity contribution is -0.141. The lowest BCUT2D eigenvalue weighted by Gasteiger charge is -2.31. The number of nitrogens with zero attached hydrogens (tertiary/aromatic N) is 2. The molecular weight excluding hydrogens is 763 g/mol. The summed E-state index contributed by atoms with van der Waals surface area (Å²) in [7, 11) is -2.72. The van der Waals surface area contributed by atoms with E-state index in [1.54, 1.807) is 66.0 Å². The van der Waals surface area contributed by atoms with Crippen LogP contribution in [0.4, 0.5) is 4.79 Å². The number of fused-ring (bicyclic) bond motifs is 1. The summed E-state index contributed by atoms with van der Waals surface area (Å²) in [6.07, 6.45) is 0.00702. The molecule has 3 unspecified atom stereocenters. The van der Waals surface area contributed by atoms with Crippen molar-refractivity contribution in [2.75, 3.05) is 13.7 Å². The van der Waals surface area contributed by atoms with Gasteiger partial charge in [0.25, 0.3) is 15.9 Å². The molecule has 58 heavy (non-hydrogen) atoms. The average Bonchev–Trinajstić information content (AvgIpc) is 3.74. The van der Waals surface area contributed by atoms with Crippen molar-refractivity contribution in [3.63, 3.8) is 0 Å². The third-order valence-corrected chi connectivity index (χ3v) is 11.5. The van der Waals surface area contributed by atoms with E-state index < -0.39 is 75.0 Å². The first-order chi connectivity index (χ1) is 27.4. The maximum Gasteiger partial charge on any atom is 0.408 e. The molecule has 6 rings (SSSR count). The molecule has 3 aromatic carbocycles. The van der Waals surface area contributed by atoms with Crippen molar-refractivity contribution in [1.82, 2.24) is 25.2 Å². The first kappa shape index (κ1) is 41.7. The number of pyridine rings is 1.